The zero-order valence-corrected chi connectivity index (χ0v) is 26.8. The van der Waals surface area contributed by atoms with Crippen LogP contribution in [0.5, 0.6) is 11.5 Å². The van der Waals surface area contributed by atoms with Crippen molar-refractivity contribution in [1.29, 1.82) is 0 Å². The lowest BCUT2D eigenvalue weighted by molar-refractivity contribution is 0.0977. The summed E-state index contributed by atoms with van der Waals surface area (Å²) in [7, 11) is 0. The average Bonchev–Trinajstić information content (AvgIpc) is 3.09. The highest BCUT2D eigenvalue weighted by Gasteiger charge is 2.33. The zero-order valence-electron chi connectivity index (χ0n) is 26.0. The number of benzene rings is 5. The Labute approximate surface area is 275 Å². The van der Waals surface area contributed by atoms with Gasteiger partial charge in [-0.25, -0.2) is 0 Å². The molecule has 0 bridgehead atoms. The molecule has 6 rings (SSSR count). The maximum Gasteiger partial charge on any atom is 0.196 e. The Morgan fingerprint density at radius 2 is 1.26 bits per heavy atom. The molecule has 232 valence electrons. The second kappa shape index (κ2) is 15.0. The maximum atomic E-state index is 13.9. The van der Waals surface area contributed by atoms with Gasteiger partial charge in [-0.05, 0) is 72.6 Å². The molecule has 0 aliphatic heterocycles. The van der Waals surface area contributed by atoms with Crippen LogP contribution >= 0.6 is 11.8 Å². The quantitative estimate of drug-likeness (QED) is 0.121. The third-order valence-electron chi connectivity index (χ3n) is 7.98. The standard InChI is InChI=1S/C40H37NO4S/c1-2-3-4-5-9-26-44-30-20-18-29(19-21-30)41-35-16-10-14-33-37(35)39(42)34-15-11-17-36(38(34)40(33)43)46-32-24-22-31(23-25-32)45-27-28-12-7-6-8-13-28/h6-8,10-25,41H,2-5,9,26-27H2,1H3. The van der Waals surface area contributed by atoms with Gasteiger partial charge >= 0.3 is 0 Å². The van der Waals surface area contributed by atoms with Crippen LogP contribution in [0.4, 0.5) is 11.4 Å². The highest BCUT2D eigenvalue weighted by molar-refractivity contribution is 7.99. The number of fused-ring (bicyclic) bond motifs is 2. The molecule has 0 fully saturated rings. The summed E-state index contributed by atoms with van der Waals surface area (Å²) in [6.45, 7) is 3.41. The third-order valence-corrected chi connectivity index (χ3v) is 9.05. The predicted octanol–water partition coefficient (Wildman–Crippen LogP) is 10.3. The van der Waals surface area contributed by atoms with Crippen molar-refractivity contribution in [2.75, 3.05) is 11.9 Å². The molecule has 0 unspecified atom stereocenters. The Morgan fingerprint density at radius 3 is 2.02 bits per heavy atom. The summed E-state index contributed by atoms with van der Waals surface area (Å²) in [5.74, 6) is 1.27. The normalized spacial score (nSPS) is 11.9. The van der Waals surface area contributed by atoms with Gasteiger partial charge in [0.25, 0.3) is 0 Å². The molecule has 5 aromatic rings. The van der Waals surface area contributed by atoms with Crippen LogP contribution in [0.3, 0.4) is 0 Å². The minimum atomic E-state index is -0.164. The fourth-order valence-corrected chi connectivity index (χ4v) is 6.53. The molecule has 0 saturated heterocycles. The number of ketones is 2. The van der Waals surface area contributed by atoms with E-state index in [2.05, 4.69) is 12.2 Å². The van der Waals surface area contributed by atoms with Crippen LogP contribution in [-0.4, -0.2) is 18.2 Å². The topological polar surface area (TPSA) is 64.6 Å². The lowest BCUT2D eigenvalue weighted by Gasteiger charge is -2.22. The van der Waals surface area contributed by atoms with E-state index < -0.39 is 0 Å². The Morgan fingerprint density at radius 1 is 0.609 bits per heavy atom. The molecule has 0 saturated carbocycles. The summed E-state index contributed by atoms with van der Waals surface area (Å²) in [4.78, 5) is 29.6. The molecular weight excluding hydrogens is 591 g/mol. The Bertz CT molecular complexity index is 1800. The summed E-state index contributed by atoms with van der Waals surface area (Å²) in [6.07, 6.45) is 5.97. The van der Waals surface area contributed by atoms with Crippen LogP contribution in [0.15, 0.2) is 125 Å². The number of carbonyl (C=O) groups is 2. The second-order valence-corrected chi connectivity index (χ2v) is 12.4. The first-order chi connectivity index (χ1) is 22.6. The largest absolute Gasteiger partial charge is 0.494 e. The van der Waals surface area contributed by atoms with Gasteiger partial charge in [0.1, 0.15) is 18.1 Å². The number of ether oxygens (including phenoxy) is 2. The van der Waals surface area contributed by atoms with Crippen molar-refractivity contribution >= 4 is 34.7 Å². The van der Waals surface area contributed by atoms with Crippen LogP contribution in [0.1, 0.15) is 76.4 Å². The summed E-state index contributed by atoms with van der Waals surface area (Å²) in [6, 6.07) is 36.4. The van der Waals surface area contributed by atoms with E-state index >= 15 is 0 Å². The Kier molecular flexibility index (Phi) is 10.2. The number of anilines is 2. The number of nitrogens with one attached hydrogen (secondary N) is 1. The smallest absolute Gasteiger partial charge is 0.196 e. The van der Waals surface area contributed by atoms with Crippen molar-refractivity contribution in [3.05, 3.63) is 143 Å². The summed E-state index contributed by atoms with van der Waals surface area (Å²) in [5.41, 5.74) is 4.19. The monoisotopic (exact) mass is 627 g/mol. The third kappa shape index (κ3) is 7.35. The van der Waals surface area contributed by atoms with E-state index in [1.165, 1.54) is 37.4 Å². The van der Waals surface area contributed by atoms with E-state index in [1.807, 2.05) is 103 Å². The number of unbranched alkanes of at least 4 members (excludes halogenated alkanes) is 4. The molecule has 0 atom stereocenters. The maximum absolute atomic E-state index is 13.9. The summed E-state index contributed by atoms with van der Waals surface area (Å²) < 4.78 is 11.8. The van der Waals surface area contributed by atoms with Crippen molar-refractivity contribution in [3.63, 3.8) is 0 Å². The minimum Gasteiger partial charge on any atom is -0.494 e. The van der Waals surface area contributed by atoms with E-state index in [0.29, 0.717) is 41.2 Å². The van der Waals surface area contributed by atoms with E-state index in [0.717, 1.165) is 39.0 Å². The van der Waals surface area contributed by atoms with Crippen LogP contribution in [0, 0.1) is 0 Å². The lowest BCUT2D eigenvalue weighted by Crippen LogP contribution is -2.23. The fraction of sp³-hybridized carbons (Fsp3) is 0.200. The molecule has 0 amide bonds. The van der Waals surface area contributed by atoms with Gasteiger partial charge in [0.15, 0.2) is 11.6 Å². The average molecular weight is 628 g/mol. The molecule has 5 aromatic carbocycles. The predicted molar refractivity (Wildman–Crippen MR) is 185 cm³/mol. The molecule has 0 spiro atoms. The first kappa shape index (κ1) is 31.2. The highest BCUT2D eigenvalue weighted by Crippen LogP contribution is 2.40. The van der Waals surface area contributed by atoms with Crippen LogP contribution < -0.4 is 14.8 Å². The van der Waals surface area contributed by atoms with Crippen molar-refractivity contribution < 1.29 is 19.1 Å². The van der Waals surface area contributed by atoms with Gasteiger partial charge in [-0.3, -0.25) is 9.59 Å². The van der Waals surface area contributed by atoms with Gasteiger partial charge in [-0.1, -0.05) is 99.0 Å². The van der Waals surface area contributed by atoms with E-state index in [9.17, 15) is 9.59 Å². The molecular formula is C40H37NO4S. The Balaban J connectivity index is 1.14. The molecule has 0 radical (unpaired) electrons. The van der Waals surface area contributed by atoms with Crippen molar-refractivity contribution in [1.82, 2.24) is 0 Å². The van der Waals surface area contributed by atoms with Crippen LogP contribution in [0.25, 0.3) is 0 Å². The summed E-state index contributed by atoms with van der Waals surface area (Å²) >= 11 is 1.47. The molecule has 5 nitrogen and oxygen atoms in total. The lowest BCUT2D eigenvalue weighted by atomic mass is 9.83. The van der Waals surface area contributed by atoms with Crippen molar-refractivity contribution in [2.45, 2.75) is 55.4 Å². The zero-order chi connectivity index (χ0) is 31.7. The van der Waals surface area contributed by atoms with E-state index in [4.69, 9.17) is 9.47 Å². The SMILES string of the molecule is CCCCCCCOc1ccc(Nc2cccc3c2C(=O)c2cccc(Sc4ccc(OCc5ccccc5)cc4)c2C3=O)cc1. The molecule has 1 aliphatic rings. The van der Waals surface area contributed by atoms with Gasteiger partial charge < -0.3 is 14.8 Å². The van der Waals surface area contributed by atoms with Gasteiger partial charge in [0.05, 0.1) is 17.9 Å². The summed E-state index contributed by atoms with van der Waals surface area (Å²) in [5, 5.41) is 3.37. The van der Waals surface area contributed by atoms with Gasteiger partial charge in [-0.15, -0.1) is 0 Å². The van der Waals surface area contributed by atoms with Crippen LogP contribution in [0.2, 0.25) is 0 Å². The first-order valence-electron chi connectivity index (χ1n) is 15.9. The van der Waals surface area contributed by atoms with E-state index in [1.54, 1.807) is 12.1 Å². The second-order valence-electron chi connectivity index (χ2n) is 11.3. The molecule has 0 aromatic heterocycles. The van der Waals surface area contributed by atoms with Gasteiger partial charge in [-0.2, -0.15) is 0 Å². The molecule has 6 heteroatoms. The molecule has 46 heavy (non-hydrogen) atoms. The van der Waals surface area contributed by atoms with Gasteiger partial charge in [0.2, 0.25) is 0 Å². The minimum absolute atomic E-state index is 0.151. The highest BCUT2D eigenvalue weighted by atomic mass is 32.2. The van der Waals surface area contributed by atoms with Gasteiger partial charge in [0, 0.05) is 32.2 Å². The number of hydrogen-bond acceptors (Lipinski definition) is 6. The first-order valence-corrected chi connectivity index (χ1v) is 16.7. The number of carbonyl (C=O) groups excluding carboxylic acids is 2. The molecule has 0 heterocycles. The van der Waals surface area contributed by atoms with Crippen molar-refractivity contribution in [2.24, 2.45) is 0 Å². The number of rotatable bonds is 14. The van der Waals surface area contributed by atoms with E-state index in [-0.39, 0.29) is 11.6 Å². The Hall–Kier alpha value is -4.81. The molecule has 1 aliphatic carbocycles. The number of hydrogen-bond donors (Lipinski definition) is 1. The molecule has 1 N–H and O–H groups in total. The van der Waals surface area contributed by atoms with Crippen LogP contribution in [-0.2, 0) is 6.61 Å². The van der Waals surface area contributed by atoms with Crippen molar-refractivity contribution in [3.8, 4) is 11.5 Å². The fourth-order valence-electron chi connectivity index (χ4n) is 5.56.